The van der Waals surface area contributed by atoms with Crippen LogP contribution in [0.25, 0.3) is 0 Å². The highest BCUT2D eigenvalue weighted by atomic mass is 35.5. The highest BCUT2D eigenvalue weighted by molar-refractivity contribution is 8.06. The monoisotopic (exact) mass is 330 g/mol. The first-order chi connectivity index (χ1) is 9.65. The van der Waals surface area contributed by atoms with Crippen molar-refractivity contribution in [2.24, 2.45) is 0 Å². The molecule has 1 aliphatic heterocycles. The second-order valence-electron chi connectivity index (χ2n) is 4.71. The third-order valence-electron chi connectivity index (χ3n) is 3.02. The van der Waals surface area contributed by atoms with Crippen LogP contribution in [0, 0.1) is 6.92 Å². The van der Waals surface area contributed by atoms with Crippen LogP contribution in [0.3, 0.4) is 0 Å². The third kappa shape index (κ3) is 5.20. The largest absolute Gasteiger partial charge is 0.325 e. The van der Waals surface area contributed by atoms with Crippen molar-refractivity contribution in [3.8, 4) is 0 Å². The van der Waals surface area contributed by atoms with Crippen LogP contribution in [-0.2, 0) is 4.79 Å². The summed E-state index contributed by atoms with van der Waals surface area (Å²) in [4.78, 5) is 11.9. The van der Waals surface area contributed by atoms with Gasteiger partial charge in [-0.3, -0.25) is 4.79 Å². The van der Waals surface area contributed by atoms with E-state index in [1.165, 1.54) is 17.3 Å². The second-order valence-corrected chi connectivity index (χ2v) is 7.70. The molecule has 1 aliphatic rings. The molecule has 0 aliphatic carbocycles. The molecule has 1 heterocycles. The molecule has 0 bridgehead atoms. The Morgan fingerprint density at radius 1 is 1.45 bits per heavy atom. The first kappa shape index (κ1) is 16.0. The van der Waals surface area contributed by atoms with E-state index in [4.69, 9.17) is 11.6 Å². The van der Waals surface area contributed by atoms with Gasteiger partial charge in [0.15, 0.2) is 0 Å². The Morgan fingerprint density at radius 3 is 3.05 bits per heavy atom. The molecule has 3 nitrogen and oxygen atoms in total. The van der Waals surface area contributed by atoms with Gasteiger partial charge in [-0.2, -0.15) is 23.5 Å². The Hall–Kier alpha value is -0.360. The number of amides is 1. The number of benzene rings is 1. The van der Waals surface area contributed by atoms with Crippen molar-refractivity contribution >= 4 is 46.7 Å². The first-order valence-corrected chi connectivity index (χ1v) is 9.19. The Balaban J connectivity index is 1.73. The van der Waals surface area contributed by atoms with Gasteiger partial charge in [0.2, 0.25) is 5.91 Å². The SMILES string of the molecule is Cc1ccc(Cl)cc1NC(=O)CNCC1CSCCS1. The molecule has 1 unspecified atom stereocenters. The molecule has 1 atom stereocenters. The molecule has 1 fully saturated rings. The van der Waals surface area contributed by atoms with Crippen molar-refractivity contribution in [3.63, 3.8) is 0 Å². The molecular formula is C14H19ClN2OS2. The van der Waals surface area contributed by atoms with Gasteiger partial charge in [-0.1, -0.05) is 17.7 Å². The molecule has 20 heavy (non-hydrogen) atoms. The molecule has 2 rings (SSSR count). The molecule has 0 aromatic heterocycles. The number of carbonyl (C=O) groups excluding carboxylic acids is 1. The van der Waals surface area contributed by atoms with E-state index >= 15 is 0 Å². The number of carbonyl (C=O) groups is 1. The predicted molar refractivity (Wildman–Crippen MR) is 91.3 cm³/mol. The van der Waals surface area contributed by atoms with Crippen molar-refractivity contribution < 1.29 is 4.79 Å². The normalized spacial score (nSPS) is 18.8. The van der Waals surface area contributed by atoms with E-state index in [-0.39, 0.29) is 5.91 Å². The maximum Gasteiger partial charge on any atom is 0.238 e. The van der Waals surface area contributed by atoms with Crippen molar-refractivity contribution in [1.29, 1.82) is 0 Å². The fourth-order valence-corrected chi connectivity index (χ4v) is 4.74. The predicted octanol–water partition coefficient (Wildman–Crippen LogP) is 3.03. The second kappa shape index (κ2) is 8.17. The summed E-state index contributed by atoms with van der Waals surface area (Å²) in [7, 11) is 0. The maximum atomic E-state index is 11.9. The first-order valence-electron chi connectivity index (χ1n) is 6.61. The van der Waals surface area contributed by atoms with E-state index in [9.17, 15) is 4.79 Å². The third-order valence-corrected chi connectivity index (χ3v) is 6.10. The van der Waals surface area contributed by atoms with Gasteiger partial charge in [0.25, 0.3) is 0 Å². The lowest BCUT2D eigenvalue weighted by molar-refractivity contribution is -0.115. The van der Waals surface area contributed by atoms with E-state index in [1.54, 1.807) is 6.07 Å². The molecule has 1 aromatic rings. The molecule has 1 amide bonds. The van der Waals surface area contributed by atoms with Gasteiger partial charge in [-0.15, -0.1) is 0 Å². The summed E-state index contributed by atoms with van der Waals surface area (Å²) in [5.74, 6) is 3.61. The molecule has 0 spiro atoms. The van der Waals surface area contributed by atoms with Crippen LogP contribution in [0.1, 0.15) is 5.56 Å². The minimum absolute atomic E-state index is 0.0242. The van der Waals surface area contributed by atoms with Crippen molar-refractivity contribution in [2.75, 3.05) is 35.7 Å². The zero-order valence-corrected chi connectivity index (χ0v) is 13.8. The van der Waals surface area contributed by atoms with Crippen LogP contribution in [0.4, 0.5) is 5.69 Å². The van der Waals surface area contributed by atoms with Crippen molar-refractivity contribution in [3.05, 3.63) is 28.8 Å². The van der Waals surface area contributed by atoms with E-state index in [1.807, 2.05) is 42.6 Å². The van der Waals surface area contributed by atoms with Crippen LogP contribution in [0.5, 0.6) is 0 Å². The van der Waals surface area contributed by atoms with E-state index in [0.717, 1.165) is 17.8 Å². The van der Waals surface area contributed by atoms with Crippen molar-refractivity contribution in [2.45, 2.75) is 12.2 Å². The van der Waals surface area contributed by atoms with E-state index < -0.39 is 0 Å². The molecule has 6 heteroatoms. The Morgan fingerprint density at radius 2 is 2.30 bits per heavy atom. The Bertz CT molecular complexity index is 464. The summed E-state index contributed by atoms with van der Waals surface area (Å²) in [6.45, 7) is 3.18. The zero-order chi connectivity index (χ0) is 14.4. The van der Waals surface area contributed by atoms with Gasteiger partial charge in [-0.25, -0.2) is 0 Å². The molecule has 1 saturated heterocycles. The number of halogens is 1. The summed E-state index contributed by atoms with van der Waals surface area (Å²) in [5, 5.41) is 7.37. The minimum atomic E-state index is -0.0242. The van der Waals surface area contributed by atoms with Crippen LogP contribution >= 0.6 is 35.1 Å². The van der Waals surface area contributed by atoms with Crippen LogP contribution < -0.4 is 10.6 Å². The number of anilines is 1. The lowest BCUT2D eigenvalue weighted by Crippen LogP contribution is -2.34. The molecule has 110 valence electrons. The Kier molecular flexibility index (Phi) is 6.55. The molecular weight excluding hydrogens is 312 g/mol. The van der Waals surface area contributed by atoms with Crippen LogP contribution in [0.15, 0.2) is 18.2 Å². The fraction of sp³-hybridized carbons (Fsp3) is 0.500. The fourth-order valence-electron chi connectivity index (χ4n) is 1.92. The lowest BCUT2D eigenvalue weighted by Gasteiger charge is -2.21. The number of hydrogen-bond acceptors (Lipinski definition) is 4. The summed E-state index contributed by atoms with van der Waals surface area (Å²) >= 11 is 9.92. The zero-order valence-electron chi connectivity index (χ0n) is 11.4. The molecule has 0 saturated carbocycles. The van der Waals surface area contributed by atoms with Gasteiger partial charge in [-0.05, 0) is 24.6 Å². The number of thioether (sulfide) groups is 2. The smallest absolute Gasteiger partial charge is 0.238 e. The van der Waals surface area contributed by atoms with Gasteiger partial charge < -0.3 is 10.6 Å². The average Bonchev–Trinajstić information content (AvgIpc) is 2.44. The topological polar surface area (TPSA) is 41.1 Å². The molecule has 0 radical (unpaired) electrons. The highest BCUT2D eigenvalue weighted by Gasteiger charge is 2.14. The van der Waals surface area contributed by atoms with Crippen LogP contribution in [-0.4, -0.2) is 41.5 Å². The van der Waals surface area contributed by atoms with Crippen LogP contribution in [0.2, 0.25) is 5.02 Å². The Labute approximate surface area is 133 Å². The number of hydrogen-bond donors (Lipinski definition) is 2. The number of rotatable bonds is 5. The minimum Gasteiger partial charge on any atom is -0.325 e. The molecule has 1 aromatic carbocycles. The average molecular weight is 331 g/mol. The lowest BCUT2D eigenvalue weighted by atomic mass is 10.2. The summed E-state index contributed by atoms with van der Waals surface area (Å²) in [6, 6.07) is 5.51. The van der Waals surface area contributed by atoms with Gasteiger partial charge in [0.05, 0.1) is 6.54 Å². The standard InChI is InChI=1S/C14H19ClN2OS2/c1-10-2-3-11(15)6-13(10)17-14(18)8-16-7-12-9-19-4-5-20-12/h2-3,6,12,16H,4-5,7-9H2,1H3,(H,17,18). The van der Waals surface area contributed by atoms with Crippen molar-refractivity contribution in [1.82, 2.24) is 5.32 Å². The summed E-state index contributed by atoms with van der Waals surface area (Å²) in [5.41, 5.74) is 1.80. The quantitative estimate of drug-likeness (QED) is 0.870. The highest BCUT2D eigenvalue weighted by Crippen LogP contribution is 2.23. The van der Waals surface area contributed by atoms with Gasteiger partial charge >= 0.3 is 0 Å². The summed E-state index contributed by atoms with van der Waals surface area (Å²) < 4.78 is 0. The molecule has 2 N–H and O–H groups in total. The summed E-state index contributed by atoms with van der Waals surface area (Å²) in [6.07, 6.45) is 0. The van der Waals surface area contributed by atoms with E-state index in [2.05, 4.69) is 10.6 Å². The maximum absolute atomic E-state index is 11.9. The van der Waals surface area contributed by atoms with Gasteiger partial charge in [0, 0.05) is 39.8 Å². The number of nitrogens with one attached hydrogen (secondary N) is 2. The van der Waals surface area contributed by atoms with Gasteiger partial charge in [0.1, 0.15) is 0 Å². The number of aryl methyl sites for hydroxylation is 1. The van der Waals surface area contributed by atoms with E-state index in [0.29, 0.717) is 16.8 Å².